The summed E-state index contributed by atoms with van der Waals surface area (Å²) in [4.78, 5) is 23.8. The zero-order valence-electron chi connectivity index (χ0n) is 21.6. The van der Waals surface area contributed by atoms with Crippen LogP contribution in [-0.2, 0) is 10.9 Å². The second-order valence-corrected chi connectivity index (χ2v) is 9.15. The van der Waals surface area contributed by atoms with Gasteiger partial charge in [0.1, 0.15) is 11.4 Å². The third kappa shape index (κ3) is 7.08. The summed E-state index contributed by atoms with van der Waals surface area (Å²) in [6, 6.07) is 3.37. The second-order valence-electron chi connectivity index (χ2n) is 9.15. The number of carbonyl (C=O) groups is 1. The Morgan fingerprint density at radius 1 is 1.06 bits per heavy atom. The van der Waals surface area contributed by atoms with Gasteiger partial charge in [-0.2, -0.15) is 18.2 Å². The van der Waals surface area contributed by atoms with Crippen molar-refractivity contribution in [2.45, 2.75) is 73.1 Å². The maximum atomic E-state index is 12.6. The number of carbonyl (C=O) groups excluding carboxylic acids is 1. The van der Waals surface area contributed by atoms with Crippen molar-refractivity contribution in [1.29, 1.82) is 0 Å². The molecule has 1 amide bonds. The molecule has 0 unspecified atom stereocenters. The van der Waals surface area contributed by atoms with Crippen LogP contribution in [-0.4, -0.2) is 57.9 Å². The first-order valence-corrected chi connectivity index (χ1v) is 12.0. The molecular weight excluding hydrogens is 463 g/mol. The monoisotopic (exact) mass is 499 g/mol. The molecule has 0 aliphatic carbocycles. The average Bonchev–Trinajstić information content (AvgIpc) is 3.30. The maximum Gasteiger partial charge on any atom is 0.471 e. The summed E-state index contributed by atoms with van der Waals surface area (Å²) in [5, 5.41) is 3.37. The van der Waals surface area contributed by atoms with E-state index < -0.39 is 17.7 Å². The van der Waals surface area contributed by atoms with E-state index in [2.05, 4.69) is 24.5 Å². The van der Waals surface area contributed by atoms with Crippen LogP contribution < -0.4 is 4.90 Å². The van der Waals surface area contributed by atoms with Crippen LogP contribution in [0.15, 0.2) is 22.9 Å². The molecule has 1 spiro atoms. The molecule has 196 valence electrons. The van der Waals surface area contributed by atoms with Crippen molar-refractivity contribution in [3.05, 3.63) is 24.2 Å². The molecule has 0 radical (unpaired) electrons. The predicted octanol–water partition coefficient (Wildman–Crippen LogP) is 6.04. The number of alkyl halides is 3. The van der Waals surface area contributed by atoms with E-state index in [1.165, 1.54) is 6.20 Å². The van der Waals surface area contributed by atoms with E-state index in [1.54, 1.807) is 17.0 Å². The Balaban J connectivity index is 0.00000103. The first kappa shape index (κ1) is 28.4. The molecule has 35 heavy (non-hydrogen) atoms. The van der Waals surface area contributed by atoms with E-state index in [0.717, 1.165) is 31.7 Å². The number of amides is 1. The SMILES string of the molecule is CC.CC.CC(C)(C)OC(=O)N1CC2(CCN(c3ccc(-c4noc(C(F)(F)F)n4)cn3)CC2)C1. The van der Waals surface area contributed by atoms with Crippen LogP contribution in [0.1, 0.15) is 67.2 Å². The Kier molecular flexibility index (Phi) is 9.13. The Morgan fingerprint density at radius 2 is 1.66 bits per heavy atom. The minimum atomic E-state index is -4.68. The highest BCUT2D eigenvalue weighted by Crippen LogP contribution is 2.41. The Bertz CT molecular complexity index is 939. The minimum absolute atomic E-state index is 0.117. The highest BCUT2D eigenvalue weighted by Gasteiger charge is 2.48. The van der Waals surface area contributed by atoms with Gasteiger partial charge in [-0.25, -0.2) is 9.78 Å². The molecule has 2 fully saturated rings. The molecular formula is C24H36F3N5O3. The van der Waals surface area contributed by atoms with Crippen molar-refractivity contribution in [3.63, 3.8) is 0 Å². The molecule has 2 aliphatic heterocycles. The number of nitrogens with zero attached hydrogens (tertiary/aromatic N) is 5. The van der Waals surface area contributed by atoms with E-state index in [-0.39, 0.29) is 17.3 Å². The smallest absolute Gasteiger partial charge is 0.444 e. The number of likely N-dealkylation sites (tertiary alicyclic amines) is 1. The topological polar surface area (TPSA) is 84.6 Å². The Morgan fingerprint density at radius 3 is 2.11 bits per heavy atom. The predicted molar refractivity (Wildman–Crippen MR) is 127 cm³/mol. The van der Waals surface area contributed by atoms with Gasteiger partial charge in [-0.3, -0.25) is 0 Å². The van der Waals surface area contributed by atoms with Gasteiger partial charge in [0.05, 0.1) is 0 Å². The molecule has 4 rings (SSSR count). The second kappa shape index (κ2) is 11.3. The lowest BCUT2D eigenvalue weighted by Crippen LogP contribution is -2.62. The van der Waals surface area contributed by atoms with Gasteiger partial charge in [-0.15, -0.1) is 0 Å². The van der Waals surface area contributed by atoms with Gasteiger partial charge in [0.25, 0.3) is 0 Å². The van der Waals surface area contributed by atoms with Crippen LogP contribution in [0.5, 0.6) is 0 Å². The van der Waals surface area contributed by atoms with Crippen LogP contribution in [0, 0.1) is 5.41 Å². The van der Waals surface area contributed by atoms with Gasteiger partial charge in [0, 0.05) is 43.4 Å². The maximum absolute atomic E-state index is 12.6. The number of hydrogen-bond acceptors (Lipinski definition) is 7. The van der Waals surface area contributed by atoms with Crippen LogP contribution in [0.2, 0.25) is 0 Å². The van der Waals surface area contributed by atoms with Crippen LogP contribution in [0.3, 0.4) is 0 Å². The summed E-state index contributed by atoms with van der Waals surface area (Å²) in [5.41, 5.74) is -0.0357. The van der Waals surface area contributed by atoms with Crippen molar-refractivity contribution in [2.24, 2.45) is 5.41 Å². The van der Waals surface area contributed by atoms with Gasteiger partial charge in [0.15, 0.2) is 0 Å². The highest BCUT2D eigenvalue weighted by atomic mass is 19.4. The molecule has 0 bridgehead atoms. The van der Waals surface area contributed by atoms with Crippen molar-refractivity contribution >= 4 is 11.9 Å². The number of hydrogen-bond donors (Lipinski definition) is 0. The zero-order chi connectivity index (χ0) is 26.4. The standard InChI is InChI=1S/C20H24F3N5O3.2C2H6/c1-18(2,3)30-17(29)28-11-19(12-28)6-8-27(9-7-19)14-5-4-13(10-24-14)15-25-16(31-26-15)20(21,22)23;2*1-2/h4-5,10H,6-9,11-12H2,1-3H3;2*1-2H3. The molecule has 2 saturated heterocycles. The normalized spacial score (nSPS) is 17.0. The zero-order valence-corrected chi connectivity index (χ0v) is 21.6. The average molecular weight is 500 g/mol. The van der Waals surface area contributed by atoms with E-state index in [9.17, 15) is 18.0 Å². The van der Waals surface area contributed by atoms with Crippen LogP contribution in [0.25, 0.3) is 11.4 Å². The lowest BCUT2D eigenvalue weighted by molar-refractivity contribution is -0.159. The summed E-state index contributed by atoms with van der Waals surface area (Å²) in [6.45, 7) is 16.5. The summed E-state index contributed by atoms with van der Waals surface area (Å²) in [6.07, 6.45) is -1.65. The number of anilines is 1. The lowest BCUT2D eigenvalue weighted by atomic mass is 9.72. The molecule has 0 N–H and O–H groups in total. The summed E-state index contributed by atoms with van der Waals surface area (Å²) in [7, 11) is 0. The fraction of sp³-hybridized carbons (Fsp3) is 0.667. The van der Waals surface area contributed by atoms with E-state index >= 15 is 0 Å². The number of ether oxygens (including phenoxy) is 1. The van der Waals surface area contributed by atoms with Crippen molar-refractivity contribution in [3.8, 4) is 11.4 Å². The number of piperidine rings is 1. The van der Waals surface area contributed by atoms with Crippen molar-refractivity contribution in [2.75, 3.05) is 31.1 Å². The van der Waals surface area contributed by atoms with Gasteiger partial charge in [-0.1, -0.05) is 32.9 Å². The van der Waals surface area contributed by atoms with Crippen molar-refractivity contribution in [1.82, 2.24) is 20.0 Å². The molecule has 4 heterocycles. The van der Waals surface area contributed by atoms with Crippen LogP contribution >= 0.6 is 0 Å². The van der Waals surface area contributed by atoms with E-state index in [4.69, 9.17) is 4.74 Å². The first-order valence-electron chi connectivity index (χ1n) is 12.0. The van der Waals surface area contributed by atoms with Gasteiger partial charge in [0.2, 0.25) is 5.82 Å². The molecule has 0 atom stereocenters. The number of pyridine rings is 1. The summed E-state index contributed by atoms with van der Waals surface area (Å²) in [5.74, 6) is -0.795. The van der Waals surface area contributed by atoms with Gasteiger partial charge >= 0.3 is 18.2 Å². The summed E-state index contributed by atoms with van der Waals surface area (Å²) >= 11 is 0. The third-order valence-electron chi connectivity index (χ3n) is 5.53. The van der Waals surface area contributed by atoms with E-state index in [0.29, 0.717) is 18.7 Å². The molecule has 8 nitrogen and oxygen atoms in total. The van der Waals surface area contributed by atoms with Gasteiger partial charge < -0.3 is 19.1 Å². The highest BCUT2D eigenvalue weighted by molar-refractivity contribution is 5.69. The molecule has 2 aromatic rings. The van der Waals surface area contributed by atoms with Gasteiger partial charge in [-0.05, 0) is 45.7 Å². The molecule has 0 aromatic carbocycles. The molecule has 0 saturated carbocycles. The van der Waals surface area contributed by atoms with E-state index in [1.807, 2.05) is 48.5 Å². The summed E-state index contributed by atoms with van der Waals surface area (Å²) < 4.78 is 47.5. The fourth-order valence-electron chi connectivity index (χ4n) is 3.91. The lowest BCUT2D eigenvalue weighted by Gasteiger charge is -2.53. The molecule has 2 aromatic heterocycles. The minimum Gasteiger partial charge on any atom is -0.444 e. The number of halogens is 3. The third-order valence-corrected chi connectivity index (χ3v) is 5.53. The largest absolute Gasteiger partial charge is 0.471 e. The number of aromatic nitrogens is 3. The molecule has 2 aliphatic rings. The number of rotatable bonds is 2. The molecule has 11 heteroatoms. The quantitative estimate of drug-likeness (QED) is 0.498. The Labute approximate surface area is 204 Å². The first-order chi connectivity index (χ1) is 16.4. The van der Waals surface area contributed by atoms with Crippen LogP contribution in [0.4, 0.5) is 23.8 Å². The fourth-order valence-corrected chi connectivity index (χ4v) is 3.91. The Hall–Kier alpha value is -2.85. The van der Waals surface area contributed by atoms with Crippen molar-refractivity contribution < 1.29 is 27.2 Å².